The second kappa shape index (κ2) is 16.4. The van der Waals surface area contributed by atoms with Crippen molar-refractivity contribution >= 4 is 35.0 Å². The fraction of sp³-hybridized carbons (Fsp3) is 0.425. The number of aliphatic hydroxyl groups is 3. The molecule has 0 bridgehead atoms. The zero-order valence-corrected chi connectivity index (χ0v) is 31.1. The molecular weight excluding hydrogens is 732 g/mol. The normalized spacial score (nSPS) is 23.4. The van der Waals surface area contributed by atoms with Gasteiger partial charge in [0.15, 0.2) is 24.0 Å². The minimum atomic E-state index is -1.26. The number of phenolic OH excluding ortho intramolecular Hbond substituents is 2. The largest absolute Gasteiger partial charge is 0.507 e. The van der Waals surface area contributed by atoms with Gasteiger partial charge in [0.2, 0.25) is 11.7 Å². The Balaban J connectivity index is 1.24. The van der Waals surface area contributed by atoms with Gasteiger partial charge in [0.25, 0.3) is 0 Å². The molecule has 56 heavy (non-hydrogen) atoms. The summed E-state index contributed by atoms with van der Waals surface area (Å²) in [6.07, 6.45) is -7.24. The summed E-state index contributed by atoms with van der Waals surface area (Å²) < 4.78 is 23.1. The van der Waals surface area contributed by atoms with Gasteiger partial charge in [-0.25, -0.2) is 4.79 Å². The van der Waals surface area contributed by atoms with Crippen LogP contribution in [0.5, 0.6) is 17.2 Å². The van der Waals surface area contributed by atoms with E-state index in [2.05, 4.69) is 10.6 Å². The van der Waals surface area contributed by atoms with Gasteiger partial charge in [-0.3, -0.25) is 19.2 Å². The minimum absolute atomic E-state index is 0.0238. The molecule has 0 radical (unpaired) electrons. The van der Waals surface area contributed by atoms with Gasteiger partial charge in [-0.2, -0.15) is 0 Å². The molecule has 1 heterocycles. The van der Waals surface area contributed by atoms with Gasteiger partial charge < -0.3 is 55.1 Å². The van der Waals surface area contributed by atoms with Crippen LogP contribution in [-0.2, 0) is 30.2 Å². The molecule has 16 heteroatoms. The highest BCUT2D eigenvalue weighted by molar-refractivity contribution is 6.31. The Morgan fingerprint density at radius 3 is 2.29 bits per heavy atom. The van der Waals surface area contributed by atoms with Crippen molar-refractivity contribution in [2.75, 3.05) is 25.6 Å². The lowest BCUT2D eigenvalue weighted by molar-refractivity contribution is -0.245. The maximum Gasteiger partial charge on any atom is 0.408 e. The van der Waals surface area contributed by atoms with Crippen LogP contribution in [0.4, 0.5) is 10.5 Å². The van der Waals surface area contributed by atoms with Crippen molar-refractivity contribution in [2.45, 2.75) is 76.8 Å². The summed E-state index contributed by atoms with van der Waals surface area (Å²) in [6.45, 7) is 3.62. The van der Waals surface area contributed by atoms with Crippen LogP contribution in [0.2, 0.25) is 0 Å². The van der Waals surface area contributed by atoms with E-state index in [1.54, 1.807) is 38.1 Å². The first-order valence-electron chi connectivity index (χ1n) is 18.2. The highest BCUT2D eigenvalue weighted by atomic mass is 16.7. The molecule has 3 unspecified atom stereocenters. The minimum Gasteiger partial charge on any atom is -0.507 e. The SMILES string of the molecule is COc1cccc2c1C(=O)c1c(O)c3c(c(O)c1C2=O)CC(C(=O)CO)C[C@@H]3OC1C[C@H](NC(=O)OC(CO)c2ccc(NC(=O)C(C)C)cc2)[C@H](O)[C@H](C)O1. The van der Waals surface area contributed by atoms with Crippen LogP contribution >= 0.6 is 0 Å². The molecule has 6 rings (SSSR count). The fourth-order valence-corrected chi connectivity index (χ4v) is 7.43. The molecule has 16 nitrogen and oxygen atoms in total. The van der Waals surface area contributed by atoms with Crippen molar-refractivity contribution in [1.82, 2.24) is 5.32 Å². The van der Waals surface area contributed by atoms with Crippen LogP contribution in [0.15, 0.2) is 42.5 Å². The first kappa shape index (κ1) is 40.3. The number of rotatable bonds is 11. The Kier molecular flexibility index (Phi) is 11.8. The lowest BCUT2D eigenvalue weighted by atomic mass is 9.73. The number of Topliss-reactive ketones (excluding diaryl/α,β-unsaturated/α-hetero) is 1. The quantitative estimate of drug-likeness (QED) is 0.108. The number of amides is 2. The lowest BCUT2D eigenvalue weighted by Gasteiger charge is -2.41. The zero-order chi connectivity index (χ0) is 40.6. The number of benzene rings is 3. The Labute approximate surface area is 321 Å². The molecule has 1 aliphatic heterocycles. The van der Waals surface area contributed by atoms with Gasteiger partial charge in [0, 0.05) is 40.6 Å². The van der Waals surface area contributed by atoms with Gasteiger partial charge >= 0.3 is 6.09 Å². The molecule has 3 aliphatic rings. The van der Waals surface area contributed by atoms with E-state index in [0.29, 0.717) is 11.3 Å². The van der Waals surface area contributed by atoms with E-state index in [9.17, 15) is 49.5 Å². The number of nitrogens with one attached hydrogen (secondary N) is 2. The number of hydrogen-bond acceptors (Lipinski definition) is 14. The first-order chi connectivity index (χ1) is 26.7. The molecule has 1 saturated heterocycles. The predicted molar refractivity (Wildman–Crippen MR) is 195 cm³/mol. The molecule has 298 valence electrons. The highest BCUT2D eigenvalue weighted by Gasteiger charge is 2.46. The zero-order valence-electron chi connectivity index (χ0n) is 31.1. The van der Waals surface area contributed by atoms with Crippen LogP contribution in [0.25, 0.3) is 0 Å². The standard InChI is InChI=1S/C40H44N2O14/c1-17(2)39(51)41-21-10-8-19(9-11-21)28(16-44)56-40(52)42-24-14-29(54-18(3)34(24)46)55-27-13-20(25(45)15-43)12-23-31(27)38(50)33-32(36(23)48)35(47)22-6-5-7-26(53-4)30(22)37(33)49/h5-11,17-18,20,24,27-29,34,43-44,46,48,50H,12-16H2,1-4H3,(H,41,51)(H,42,52)/t18-,20?,24-,27-,28?,29?,34+/m0/s1. The highest BCUT2D eigenvalue weighted by Crippen LogP contribution is 2.51. The molecule has 2 aliphatic carbocycles. The van der Waals surface area contributed by atoms with Gasteiger partial charge in [-0.1, -0.05) is 38.1 Å². The Hall–Kier alpha value is -5.39. The molecule has 0 spiro atoms. The number of anilines is 1. The van der Waals surface area contributed by atoms with Crippen LogP contribution < -0.4 is 15.4 Å². The third-order valence-electron chi connectivity index (χ3n) is 10.5. The van der Waals surface area contributed by atoms with Crippen LogP contribution in [-0.4, -0.2) is 99.7 Å². The van der Waals surface area contributed by atoms with Gasteiger partial charge in [-0.15, -0.1) is 0 Å². The number of aliphatic hydroxyl groups excluding tert-OH is 3. The van der Waals surface area contributed by atoms with Crippen molar-refractivity contribution in [2.24, 2.45) is 11.8 Å². The van der Waals surface area contributed by atoms with Gasteiger partial charge in [-0.05, 0) is 43.5 Å². The molecule has 3 aromatic rings. The molecule has 3 aromatic carbocycles. The van der Waals surface area contributed by atoms with E-state index in [1.165, 1.54) is 32.2 Å². The molecular formula is C40H44N2O14. The maximum absolute atomic E-state index is 13.9. The topological polar surface area (TPSA) is 247 Å². The molecule has 0 saturated carbocycles. The molecule has 1 fully saturated rings. The summed E-state index contributed by atoms with van der Waals surface area (Å²) in [5.74, 6) is -4.65. The Morgan fingerprint density at radius 2 is 1.64 bits per heavy atom. The van der Waals surface area contributed by atoms with Crippen LogP contribution in [0, 0.1) is 11.8 Å². The molecule has 2 amide bonds. The van der Waals surface area contributed by atoms with E-state index >= 15 is 0 Å². The van der Waals surface area contributed by atoms with Gasteiger partial charge in [0.1, 0.15) is 30.0 Å². The average molecular weight is 777 g/mol. The number of ether oxygens (including phenoxy) is 4. The van der Waals surface area contributed by atoms with E-state index < -0.39 is 102 Å². The molecule has 0 aromatic heterocycles. The maximum atomic E-state index is 13.9. The smallest absolute Gasteiger partial charge is 0.408 e. The summed E-state index contributed by atoms with van der Waals surface area (Å²) in [4.78, 5) is 65.7. The van der Waals surface area contributed by atoms with E-state index in [1.807, 2.05) is 0 Å². The first-order valence-corrected chi connectivity index (χ1v) is 18.2. The average Bonchev–Trinajstić information content (AvgIpc) is 3.18. The van der Waals surface area contributed by atoms with Crippen LogP contribution in [0.3, 0.4) is 0 Å². The molecule has 7 N–H and O–H groups in total. The van der Waals surface area contributed by atoms with Crippen molar-refractivity contribution in [3.8, 4) is 17.2 Å². The number of aromatic hydroxyl groups is 2. The number of alkyl carbamates (subject to hydrolysis) is 1. The summed E-state index contributed by atoms with van der Waals surface area (Å²) in [5, 5.41) is 59.5. The van der Waals surface area contributed by atoms with Crippen LogP contribution in [0.1, 0.15) is 94.4 Å². The number of phenols is 2. The number of hydrogen-bond donors (Lipinski definition) is 7. The van der Waals surface area contributed by atoms with Crippen molar-refractivity contribution in [3.63, 3.8) is 0 Å². The number of ketones is 3. The fourth-order valence-electron chi connectivity index (χ4n) is 7.43. The van der Waals surface area contributed by atoms with E-state index in [-0.39, 0.29) is 59.1 Å². The number of methoxy groups -OCH3 is 1. The van der Waals surface area contributed by atoms with Crippen molar-refractivity contribution < 1.29 is 68.5 Å². The van der Waals surface area contributed by atoms with Crippen molar-refractivity contribution in [1.29, 1.82) is 0 Å². The summed E-state index contributed by atoms with van der Waals surface area (Å²) in [6, 6.07) is 9.72. The molecule has 7 atom stereocenters. The third-order valence-corrected chi connectivity index (χ3v) is 10.5. The monoisotopic (exact) mass is 776 g/mol. The summed E-state index contributed by atoms with van der Waals surface area (Å²) >= 11 is 0. The van der Waals surface area contributed by atoms with E-state index in [4.69, 9.17) is 18.9 Å². The number of carbonyl (C=O) groups excluding carboxylic acids is 5. The van der Waals surface area contributed by atoms with Gasteiger partial charge in [0.05, 0.1) is 48.7 Å². The second-order valence-electron chi connectivity index (χ2n) is 14.4. The Bertz CT molecular complexity index is 2050. The van der Waals surface area contributed by atoms with Crippen molar-refractivity contribution in [3.05, 3.63) is 81.4 Å². The lowest BCUT2D eigenvalue weighted by Crippen LogP contribution is -2.55. The summed E-state index contributed by atoms with van der Waals surface area (Å²) in [5.41, 5.74) is -0.182. The number of fused-ring (bicyclic) bond motifs is 3. The number of carbonyl (C=O) groups is 5. The van der Waals surface area contributed by atoms with E-state index in [0.717, 1.165) is 0 Å². The Morgan fingerprint density at radius 1 is 0.946 bits per heavy atom. The summed E-state index contributed by atoms with van der Waals surface area (Å²) in [7, 11) is 1.32. The third kappa shape index (κ3) is 7.57. The second-order valence-corrected chi connectivity index (χ2v) is 14.4. The predicted octanol–water partition coefficient (Wildman–Crippen LogP) is 2.98.